The first-order chi connectivity index (χ1) is 8.63. The number of hydrogen-bond donors (Lipinski definition) is 0. The molecule has 0 bridgehead atoms. The van der Waals surface area contributed by atoms with E-state index in [0.29, 0.717) is 6.04 Å². The summed E-state index contributed by atoms with van der Waals surface area (Å²) < 4.78 is 5.36. The number of para-hydroxylation sites is 1. The smallest absolute Gasteiger partial charge is 0.122 e. The Morgan fingerprint density at radius 1 is 1.39 bits per heavy atom. The van der Waals surface area contributed by atoms with Crippen LogP contribution in [0.3, 0.4) is 0 Å². The lowest BCUT2D eigenvalue weighted by atomic mass is 10.0. The van der Waals surface area contributed by atoms with Gasteiger partial charge in [0.15, 0.2) is 0 Å². The zero-order chi connectivity index (χ0) is 13.5. The molecular weight excluding hydrogens is 224 g/mol. The third kappa shape index (κ3) is 3.48. The molecule has 0 aliphatic carbocycles. The minimum absolute atomic E-state index is 0.0188. The van der Waals surface area contributed by atoms with Crippen LogP contribution in [0.1, 0.15) is 25.8 Å². The Kier molecular flexibility index (Phi) is 5.67. The van der Waals surface area contributed by atoms with E-state index in [1.165, 1.54) is 5.56 Å². The predicted octanol–water partition coefficient (Wildman–Crippen LogP) is 2.86. The summed E-state index contributed by atoms with van der Waals surface area (Å²) in [7, 11) is 3.70. The van der Waals surface area contributed by atoms with Crippen molar-refractivity contribution in [3.63, 3.8) is 0 Å². The molecule has 0 amide bonds. The predicted molar refractivity (Wildman–Crippen MR) is 73.6 cm³/mol. The van der Waals surface area contributed by atoms with E-state index in [2.05, 4.69) is 24.0 Å². The number of nitriles is 1. The van der Waals surface area contributed by atoms with Gasteiger partial charge in [0.05, 0.1) is 19.2 Å². The molecule has 3 nitrogen and oxygen atoms in total. The molecule has 0 spiro atoms. The van der Waals surface area contributed by atoms with Gasteiger partial charge in [0, 0.05) is 6.04 Å². The third-order valence-electron chi connectivity index (χ3n) is 3.43. The molecule has 1 aromatic carbocycles. The molecule has 0 fully saturated rings. The summed E-state index contributed by atoms with van der Waals surface area (Å²) in [5.74, 6) is 0.919. The molecule has 18 heavy (non-hydrogen) atoms. The van der Waals surface area contributed by atoms with Crippen molar-refractivity contribution in [3.8, 4) is 11.8 Å². The molecule has 1 rings (SSSR count). The van der Waals surface area contributed by atoms with Crippen molar-refractivity contribution in [2.24, 2.45) is 0 Å². The molecule has 0 heterocycles. The fourth-order valence-corrected chi connectivity index (χ4v) is 2.11. The topological polar surface area (TPSA) is 36.3 Å². The SMILES string of the molecule is CCC(C#N)N(C)C(C)Cc1ccccc1OC. The Bertz CT molecular complexity index is 411. The fraction of sp³-hybridized carbons (Fsp3) is 0.533. The lowest BCUT2D eigenvalue weighted by Gasteiger charge is -2.28. The highest BCUT2D eigenvalue weighted by Crippen LogP contribution is 2.21. The first kappa shape index (κ1) is 14.5. The first-order valence-corrected chi connectivity index (χ1v) is 6.37. The van der Waals surface area contributed by atoms with E-state index in [-0.39, 0.29) is 6.04 Å². The van der Waals surface area contributed by atoms with Gasteiger partial charge in [0.2, 0.25) is 0 Å². The Morgan fingerprint density at radius 2 is 2.06 bits per heavy atom. The van der Waals surface area contributed by atoms with E-state index in [1.807, 2.05) is 32.2 Å². The number of ether oxygens (including phenoxy) is 1. The highest BCUT2D eigenvalue weighted by atomic mass is 16.5. The second-order valence-electron chi connectivity index (χ2n) is 4.58. The summed E-state index contributed by atoms with van der Waals surface area (Å²) in [6.45, 7) is 4.19. The Morgan fingerprint density at radius 3 is 2.61 bits per heavy atom. The van der Waals surface area contributed by atoms with Crippen molar-refractivity contribution in [2.75, 3.05) is 14.2 Å². The third-order valence-corrected chi connectivity index (χ3v) is 3.43. The lowest BCUT2D eigenvalue weighted by molar-refractivity contribution is 0.213. The molecule has 1 aromatic rings. The first-order valence-electron chi connectivity index (χ1n) is 6.37. The van der Waals surface area contributed by atoms with E-state index in [1.54, 1.807) is 7.11 Å². The summed E-state index contributed by atoms with van der Waals surface area (Å²) >= 11 is 0. The average molecular weight is 246 g/mol. The average Bonchev–Trinajstić information content (AvgIpc) is 2.40. The minimum atomic E-state index is -0.0188. The van der Waals surface area contributed by atoms with Crippen LogP contribution in [0.25, 0.3) is 0 Å². The van der Waals surface area contributed by atoms with Crippen LogP contribution < -0.4 is 4.74 Å². The quantitative estimate of drug-likeness (QED) is 0.774. The number of likely N-dealkylation sites (N-methyl/N-ethyl adjacent to an activating group) is 1. The minimum Gasteiger partial charge on any atom is -0.496 e. The van der Waals surface area contributed by atoms with Gasteiger partial charge in [0.25, 0.3) is 0 Å². The number of methoxy groups -OCH3 is 1. The molecule has 2 unspecified atom stereocenters. The molecule has 0 saturated carbocycles. The highest BCUT2D eigenvalue weighted by Gasteiger charge is 2.19. The van der Waals surface area contributed by atoms with E-state index in [9.17, 15) is 0 Å². The molecule has 0 aromatic heterocycles. The molecular formula is C15H22N2O. The van der Waals surface area contributed by atoms with Gasteiger partial charge < -0.3 is 4.74 Å². The van der Waals surface area contributed by atoms with Gasteiger partial charge in [-0.2, -0.15) is 5.26 Å². The number of nitrogens with zero attached hydrogens (tertiary/aromatic N) is 2. The Balaban J connectivity index is 2.75. The maximum Gasteiger partial charge on any atom is 0.122 e. The molecule has 0 radical (unpaired) electrons. The van der Waals surface area contributed by atoms with Crippen LogP contribution in [0, 0.1) is 11.3 Å². The highest BCUT2D eigenvalue weighted by molar-refractivity contribution is 5.33. The number of benzene rings is 1. The van der Waals surface area contributed by atoms with Crippen LogP contribution in [0.2, 0.25) is 0 Å². The largest absolute Gasteiger partial charge is 0.496 e. The Hall–Kier alpha value is -1.53. The van der Waals surface area contributed by atoms with Gasteiger partial charge in [-0.1, -0.05) is 25.1 Å². The Labute approximate surface area is 110 Å². The van der Waals surface area contributed by atoms with Gasteiger partial charge in [-0.3, -0.25) is 4.90 Å². The normalized spacial score (nSPS) is 14.0. The van der Waals surface area contributed by atoms with Gasteiger partial charge in [-0.25, -0.2) is 0 Å². The fourth-order valence-electron chi connectivity index (χ4n) is 2.11. The zero-order valence-electron chi connectivity index (χ0n) is 11.7. The second kappa shape index (κ2) is 7.03. The van der Waals surface area contributed by atoms with Crippen molar-refractivity contribution in [1.82, 2.24) is 4.90 Å². The van der Waals surface area contributed by atoms with Crippen LogP contribution in [0.4, 0.5) is 0 Å². The van der Waals surface area contributed by atoms with Crippen molar-refractivity contribution < 1.29 is 4.74 Å². The van der Waals surface area contributed by atoms with Crippen LogP contribution in [0.15, 0.2) is 24.3 Å². The summed E-state index contributed by atoms with van der Waals surface area (Å²) in [5, 5.41) is 9.10. The van der Waals surface area contributed by atoms with E-state index >= 15 is 0 Å². The van der Waals surface area contributed by atoms with E-state index in [0.717, 1.165) is 18.6 Å². The molecule has 3 heteroatoms. The maximum atomic E-state index is 9.10. The van der Waals surface area contributed by atoms with Gasteiger partial charge in [-0.15, -0.1) is 0 Å². The van der Waals surface area contributed by atoms with E-state index in [4.69, 9.17) is 10.00 Å². The summed E-state index contributed by atoms with van der Waals surface area (Å²) in [4.78, 5) is 2.13. The van der Waals surface area contributed by atoms with Crippen molar-refractivity contribution >= 4 is 0 Å². The number of rotatable bonds is 6. The monoisotopic (exact) mass is 246 g/mol. The van der Waals surface area contributed by atoms with Crippen LogP contribution in [-0.4, -0.2) is 31.1 Å². The van der Waals surface area contributed by atoms with Crippen LogP contribution in [-0.2, 0) is 6.42 Å². The lowest BCUT2D eigenvalue weighted by Crippen LogP contribution is -2.38. The standard InChI is InChI=1S/C15H22N2O/c1-5-14(11-16)17(3)12(2)10-13-8-6-7-9-15(13)18-4/h6-9,12,14H,5,10H2,1-4H3. The zero-order valence-corrected chi connectivity index (χ0v) is 11.7. The molecule has 98 valence electrons. The number of hydrogen-bond acceptors (Lipinski definition) is 3. The van der Waals surface area contributed by atoms with Crippen LogP contribution >= 0.6 is 0 Å². The molecule has 0 aliphatic heterocycles. The van der Waals surface area contributed by atoms with Gasteiger partial charge >= 0.3 is 0 Å². The van der Waals surface area contributed by atoms with Crippen LogP contribution in [0.5, 0.6) is 5.75 Å². The second-order valence-corrected chi connectivity index (χ2v) is 4.58. The van der Waals surface area contributed by atoms with Crippen molar-refractivity contribution in [2.45, 2.75) is 38.8 Å². The molecule has 0 N–H and O–H groups in total. The molecule has 0 aliphatic rings. The van der Waals surface area contributed by atoms with Gasteiger partial charge in [0.1, 0.15) is 5.75 Å². The van der Waals surface area contributed by atoms with E-state index < -0.39 is 0 Å². The van der Waals surface area contributed by atoms with Crippen molar-refractivity contribution in [3.05, 3.63) is 29.8 Å². The summed E-state index contributed by atoms with van der Waals surface area (Å²) in [6, 6.07) is 10.7. The van der Waals surface area contributed by atoms with Gasteiger partial charge in [-0.05, 0) is 38.4 Å². The summed E-state index contributed by atoms with van der Waals surface area (Å²) in [5.41, 5.74) is 1.19. The molecule has 2 atom stereocenters. The molecule has 0 saturated heterocycles. The summed E-state index contributed by atoms with van der Waals surface area (Å²) in [6.07, 6.45) is 1.74. The maximum absolute atomic E-state index is 9.10. The van der Waals surface area contributed by atoms with Crippen molar-refractivity contribution in [1.29, 1.82) is 5.26 Å².